The Morgan fingerprint density at radius 1 is 1.43 bits per heavy atom. The number of halogens is 1. The Morgan fingerprint density at radius 2 is 2.29 bits per heavy atom. The first-order valence-electron chi connectivity index (χ1n) is 7.84. The molecule has 4 heteroatoms. The van der Waals surface area contributed by atoms with Crippen LogP contribution in [0.2, 0.25) is 0 Å². The lowest BCUT2D eigenvalue weighted by Crippen LogP contribution is -2.29. The zero-order valence-corrected chi connectivity index (χ0v) is 12.8. The maximum atomic E-state index is 13.8. The molecule has 0 saturated carbocycles. The SMILES string of the molecule is COCCNCC(Cc1ccccc1F)CC1CCCO1. The van der Waals surface area contributed by atoms with Gasteiger partial charge in [-0.05, 0) is 49.8 Å². The summed E-state index contributed by atoms with van der Waals surface area (Å²) in [6.07, 6.45) is 4.37. The normalized spacial score (nSPS) is 19.8. The highest BCUT2D eigenvalue weighted by molar-refractivity contribution is 5.18. The molecule has 0 aromatic heterocycles. The minimum absolute atomic E-state index is 0.105. The van der Waals surface area contributed by atoms with E-state index in [0.717, 1.165) is 50.9 Å². The van der Waals surface area contributed by atoms with E-state index in [9.17, 15) is 4.39 Å². The summed E-state index contributed by atoms with van der Waals surface area (Å²) in [5.74, 6) is 0.286. The van der Waals surface area contributed by atoms with Crippen LogP contribution in [0.4, 0.5) is 4.39 Å². The van der Waals surface area contributed by atoms with Gasteiger partial charge in [-0.2, -0.15) is 0 Å². The Labute approximate surface area is 126 Å². The fourth-order valence-electron chi connectivity index (χ4n) is 2.90. The van der Waals surface area contributed by atoms with Gasteiger partial charge < -0.3 is 14.8 Å². The summed E-state index contributed by atoms with van der Waals surface area (Å²) >= 11 is 0. The average Bonchev–Trinajstić information content (AvgIpc) is 2.99. The molecule has 2 atom stereocenters. The maximum absolute atomic E-state index is 13.8. The minimum atomic E-state index is -0.105. The zero-order valence-electron chi connectivity index (χ0n) is 12.8. The van der Waals surface area contributed by atoms with Crippen molar-refractivity contribution in [2.45, 2.75) is 31.8 Å². The number of benzene rings is 1. The molecule has 1 aliphatic rings. The van der Waals surface area contributed by atoms with Gasteiger partial charge in [0.05, 0.1) is 12.7 Å². The van der Waals surface area contributed by atoms with Gasteiger partial charge in [0.2, 0.25) is 0 Å². The quantitative estimate of drug-likeness (QED) is 0.711. The van der Waals surface area contributed by atoms with Crippen molar-refractivity contribution in [3.05, 3.63) is 35.6 Å². The molecule has 0 spiro atoms. The molecule has 118 valence electrons. The minimum Gasteiger partial charge on any atom is -0.383 e. The van der Waals surface area contributed by atoms with Gasteiger partial charge in [-0.3, -0.25) is 0 Å². The smallest absolute Gasteiger partial charge is 0.126 e. The molecule has 21 heavy (non-hydrogen) atoms. The molecule has 0 bridgehead atoms. The predicted molar refractivity (Wildman–Crippen MR) is 81.9 cm³/mol. The Kier molecular flexibility index (Phi) is 7.13. The molecule has 2 unspecified atom stereocenters. The van der Waals surface area contributed by atoms with Crippen LogP contribution in [0.25, 0.3) is 0 Å². The lowest BCUT2D eigenvalue weighted by atomic mass is 9.92. The van der Waals surface area contributed by atoms with Crippen molar-refractivity contribution in [1.82, 2.24) is 5.32 Å². The summed E-state index contributed by atoms with van der Waals surface area (Å²) in [5, 5.41) is 3.40. The first-order chi connectivity index (χ1) is 10.3. The summed E-state index contributed by atoms with van der Waals surface area (Å²) in [6.45, 7) is 3.27. The molecular formula is C17H26FNO2. The third-order valence-corrected chi connectivity index (χ3v) is 4.00. The predicted octanol–water partition coefficient (Wildman–Crippen LogP) is 2.79. The van der Waals surface area contributed by atoms with Crippen LogP contribution >= 0.6 is 0 Å². The van der Waals surface area contributed by atoms with Gasteiger partial charge in [0.1, 0.15) is 5.82 Å². The van der Waals surface area contributed by atoms with E-state index in [0.29, 0.717) is 18.6 Å². The van der Waals surface area contributed by atoms with Crippen molar-refractivity contribution in [2.24, 2.45) is 5.92 Å². The fraction of sp³-hybridized carbons (Fsp3) is 0.647. The number of rotatable bonds is 9. The van der Waals surface area contributed by atoms with Crippen molar-refractivity contribution in [3.63, 3.8) is 0 Å². The van der Waals surface area contributed by atoms with Crippen LogP contribution in [0.3, 0.4) is 0 Å². The molecule has 2 rings (SSSR count). The monoisotopic (exact) mass is 295 g/mol. The van der Waals surface area contributed by atoms with E-state index in [1.54, 1.807) is 13.2 Å². The van der Waals surface area contributed by atoms with Gasteiger partial charge in [0.15, 0.2) is 0 Å². The number of hydrogen-bond acceptors (Lipinski definition) is 3. The van der Waals surface area contributed by atoms with Crippen LogP contribution < -0.4 is 5.32 Å². The first kappa shape index (κ1) is 16.4. The van der Waals surface area contributed by atoms with Gasteiger partial charge >= 0.3 is 0 Å². The van der Waals surface area contributed by atoms with Crippen LogP contribution in [0.15, 0.2) is 24.3 Å². The summed E-state index contributed by atoms with van der Waals surface area (Å²) in [4.78, 5) is 0. The van der Waals surface area contributed by atoms with Crippen molar-refractivity contribution < 1.29 is 13.9 Å². The van der Waals surface area contributed by atoms with Crippen molar-refractivity contribution >= 4 is 0 Å². The summed E-state index contributed by atoms with van der Waals surface area (Å²) in [5.41, 5.74) is 0.800. The van der Waals surface area contributed by atoms with Crippen LogP contribution in [0.1, 0.15) is 24.8 Å². The average molecular weight is 295 g/mol. The molecule has 0 amide bonds. The highest BCUT2D eigenvalue weighted by atomic mass is 19.1. The Hall–Kier alpha value is -0.970. The van der Waals surface area contributed by atoms with Crippen molar-refractivity contribution in [3.8, 4) is 0 Å². The summed E-state index contributed by atoms with van der Waals surface area (Å²) in [7, 11) is 1.70. The zero-order chi connectivity index (χ0) is 14.9. The van der Waals surface area contributed by atoms with E-state index in [4.69, 9.17) is 9.47 Å². The van der Waals surface area contributed by atoms with E-state index >= 15 is 0 Å². The number of nitrogens with one attached hydrogen (secondary N) is 1. The van der Waals surface area contributed by atoms with Gasteiger partial charge in [-0.25, -0.2) is 4.39 Å². The third kappa shape index (κ3) is 5.73. The molecule has 1 aliphatic heterocycles. The number of methoxy groups -OCH3 is 1. The van der Waals surface area contributed by atoms with Crippen LogP contribution in [0, 0.1) is 11.7 Å². The molecule has 1 aromatic carbocycles. The standard InChI is InChI=1S/C17H26FNO2/c1-20-10-8-19-13-14(12-16-6-4-9-21-16)11-15-5-2-3-7-17(15)18/h2-3,5,7,14,16,19H,4,6,8-13H2,1H3. The van der Waals surface area contributed by atoms with E-state index in [2.05, 4.69) is 5.32 Å². The molecule has 1 saturated heterocycles. The molecule has 1 aromatic rings. The van der Waals surface area contributed by atoms with Gasteiger partial charge in [0.25, 0.3) is 0 Å². The lowest BCUT2D eigenvalue weighted by Gasteiger charge is -2.21. The van der Waals surface area contributed by atoms with Gasteiger partial charge in [0, 0.05) is 20.3 Å². The fourth-order valence-corrected chi connectivity index (χ4v) is 2.90. The van der Waals surface area contributed by atoms with Crippen LogP contribution in [-0.2, 0) is 15.9 Å². The molecule has 1 fully saturated rings. The Balaban J connectivity index is 1.88. The maximum Gasteiger partial charge on any atom is 0.126 e. The van der Waals surface area contributed by atoms with E-state index in [-0.39, 0.29) is 5.82 Å². The molecule has 1 heterocycles. The summed E-state index contributed by atoms with van der Waals surface area (Å²) in [6, 6.07) is 7.06. The molecule has 1 N–H and O–H groups in total. The van der Waals surface area contributed by atoms with E-state index in [1.165, 1.54) is 6.07 Å². The highest BCUT2D eigenvalue weighted by Gasteiger charge is 2.21. The highest BCUT2D eigenvalue weighted by Crippen LogP contribution is 2.23. The van der Waals surface area contributed by atoms with E-state index in [1.807, 2.05) is 12.1 Å². The molecule has 3 nitrogen and oxygen atoms in total. The van der Waals surface area contributed by atoms with Crippen molar-refractivity contribution in [1.29, 1.82) is 0 Å². The largest absolute Gasteiger partial charge is 0.383 e. The van der Waals surface area contributed by atoms with Crippen LogP contribution in [0.5, 0.6) is 0 Å². The topological polar surface area (TPSA) is 30.5 Å². The van der Waals surface area contributed by atoms with Gasteiger partial charge in [-0.15, -0.1) is 0 Å². The molecule has 0 radical (unpaired) electrons. The second kappa shape index (κ2) is 9.13. The van der Waals surface area contributed by atoms with E-state index < -0.39 is 0 Å². The number of hydrogen-bond donors (Lipinski definition) is 1. The molecule has 0 aliphatic carbocycles. The van der Waals surface area contributed by atoms with Gasteiger partial charge in [-0.1, -0.05) is 18.2 Å². The Morgan fingerprint density at radius 3 is 3.00 bits per heavy atom. The van der Waals surface area contributed by atoms with Crippen molar-refractivity contribution in [2.75, 3.05) is 33.4 Å². The molecular weight excluding hydrogens is 269 g/mol. The first-order valence-corrected chi connectivity index (χ1v) is 7.84. The number of ether oxygens (including phenoxy) is 2. The second-order valence-corrected chi connectivity index (χ2v) is 5.73. The summed E-state index contributed by atoms with van der Waals surface area (Å²) < 4.78 is 24.6. The third-order valence-electron chi connectivity index (χ3n) is 4.00. The second-order valence-electron chi connectivity index (χ2n) is 5.73. The van der Waals surface area contributed by atoms with Crippen LogP contribution in [-0.4, -0.2) is 39.5 Å². The lowest BCUT2D eigenvalue weighted by molar-refractivity contribution is 0.0887. The Bertz CT molecular complexity index is 408.